The molecule has 0 spiro atoms. The summed E-state index contributed by atoms with van der Waals surface area (Å²) in [6.45, 7) is -1.48. The van der Waals surface area contributed by atoms with Gasteiger partial charge in [-0.05, 0) is 22.0 Å². The van der Waals surface area contributed by atoms with Crippen LogP contribution in [0.1, 0.15) is 11.6 Å². The van der Waals surface area contributed by atoms with Gasteiger partial charge in [-0.15, -0.1) is 12.4 Å². The maximum Gasteiger partial charge on any atom is 0.289 e. The number of hydrogen-bond acceptors (Lipinski definition) is 3. The molecule has 3 nitrogen and oxygen atoms in total. The Morgan fingerprint density at radius 3 is 2.41 bits per heavy atom. The highest BCUT2D eigenvalue weighted by Gasteiger charge is 2.39. The molecule has 0 radical (unpaired) electrons. The lowest BCUT2D eigenvalue weighted by Crippen LogP contribution is -2.36. The third-order valence-electron chi connectivity index (χ3n) is 2.10. The molecular weight excluding hydrogens is 326 g/mol. The van der Waals surface area contributed by atoms with Gasteiger partial charge in [0.1, 0.15) is 12.6 Å². The summed E-state index contributed by atoms with van der Waals surface area (Å²) in [5, 5.41) is 17.7. The van der Waals surface area contributed by atoms with Gasteiger partial charge >= 0.3 is 0 Å². The van der Waals surface area contributed by atoms with E-state index in [-0.39, 0.29) is 16.9 Å². The Bertz CT molecular complexity index is 406. The van der Waals surface area contributed by atoms with Crippen molar-refractivity contribution < 1.29 is 23.4 Å². The van der Waals surface area contributed by atoms with Gasteiger partial charge in [-0.3, -0.25) is 0 Å². The summed E-state index contributed by atoms with van der Waals surface area (Å²) >= 11 is 2.78. The molecule has 0 aromatic heterocycles. The fourth-order valence-electron chi connectivity index (χ4n) is 1.13. The molecule has 0 bridgehead atoms. The lowest BCUT2D eigenvalue weighted by molar-refractivity contribution is -0.0716. The van der Waals surface area contributed by atoms with Crippen molar-refractivity contribution in [1.29, 1.82) is 0 Å². The van der Waals surface area contributed by atoms with Crippen LogP contribution in [-0.2, 0) is 0 Å². The van der Waals surface area contributed by atoms with Crippen LogP contribution in [0.15, 0.2) is 16.6 Å². The van der Waals surface area contributed by atoms with E-state index in [2.05, 4.69) is 15.9 Å². The number of aromatic hydroxyl groups is 1. The van der Waals surface area contributed by atoms with Crippen molar-refractivity contribution in [3.05, 3.63) is 28.0 Å². The first-order valence-electron chi connectivity index (χ1n) is 4.22. The summed E-state index contributed by atoms with van der Waals surface area (Å²) in [5.41, 5.74) is 4.69. The molecule has 17 heavy (non-hydrogen) atoms. The van der Waals surface area contributed by atoms with Crippen LogP contribution in [0.2, 0.25) is 0 Å². The fourth-order valence-corrected chi connectivity index (χ4v) is 1.45. The number of halogens is 5. The minimum absolute atomic E-state index is 0. The topological polar surface area (TPSA) is 66.5 Å². The lowest BCUT2D eigenvalue weighted by Gasteiger charge is -2.22. The van der Waals surface area contributed by atoms with Gasteiger partial charge in [0.2, 0.25) is 0 Å². The molecular formula is C9H10BrClF3NO2. The van der Waals surface area contributed by atoms with Gasteiger partial charge in [0.05, 0.1) is 4.47 Å². The average Bonchev–Trinajstić information content (AvgIpc) is 2.25. The van der Waals surface area contributed by atoms with Crippen molar-refractivity contribution in [1.82, 2.24) is 0 Å². The maximum absolute atomic E-state index is 13.2. The molecule has 0 amide bonds. The smallest absolute Gasteiger partial charge is 0.289 e. The monoisotopic (exact) mass is 335 g/mol. The Morgan fingerprint density at radius 2 is 1.94 bits per heavy atom. The number of hydrogen-bond donors (Lipinski definition) is 3. The lowest BCUT2D eigenvalue weighted by atomic mass is 10.0. The van der Waals surface area contributed by atoms with Crippen LogP contribution in [0.4, 0.5) is 13.2 Å². The largest absolute Gasteiger partial charge is 0.505 e. The van der Waals surface area contributed by atoms with Crippen molar-refractivity contribution in [3.63, 3.8) is 0 Å². The zero-order valence-electron chi connectivity index (χ0n) is 8.33. The summed E-state index contributed by atoms with van der Waals surface area (Å²) in [7, 11) is 0. The van der Waals surface area contributed by atoms with E-state index in [1.807, 2.05) is 0 Å². The highest BCUT2D eigenvalue weighted by atomic mass is 79.9. The first-order chi connectivity index (χ1) is 7.31. The van der Waals surface area contributed by atoms with Gasteiger partial charge in [0.25, 0.3) is 5.92 Å². The fraction of sp³-hybridized carbons (Fsp3) is 0.333. The van der Waals surface area contributed by atoms with E-state index in [0.29, 0.717) is 0 Å². The number of nitrogens with two attached hydrogens (primary N) is 1. The number of alkyl halides is 2. The van der Waals surface area contributed by atoms with Crippen molar-refractivity contribution in [2.45, 2.75) is 12.0 Å². The summed E-state index contributed by atoms with van der Waals surface area (Å²) in [4.78, 5) is 0. The van der Waals surface area contributed by atoms with Crippen LogP contribution in [0.3, 0.4) is 0 Å². The van der Waals surface area contributed by atoms with Gasteiger partial charge in [-0.2, -0.15) is 0 Å². The van der Waals surface area contributed by atoms with Crippen LogP contribution in [0.25, 0.3) is 0 Å². The standard InChI is InChI=1S/C9H9BrF3NO2.ClH/c10-5-2-1-4(7(16)6(5)11)8(14)9(12,13)3-15;/h1-2,8,15-16H,3,14H2;1H/t8-;/m0./s1. The van der Waals surface area contributed by atoms with Crippen molar-refractivity contribution in [3.8, 4) is 5.75 Å². The Kier molecular flexibility index (Phi) is 5.73. The highest BCUT2D eigenvalue weighted by molar-refractivity contribution is 9.10. The first kappa shape index (κ1) is 16.5. The molecule has 0 unspecified atom stereocenters. The SMILES string of the molecule is Cl.N[C@@H](c1ccc(Br)c(F)c1O)C(F)(F)CO. The number of phenols is 1. The minimum Gasteiger partial charge on any atom is -0.505 e. The molecule has 1 atom stereocenters. The molecule has 4 N–H and O–H groups in total. The molecule has 1 rings (SSSR count). The first-order valence-corrected chi connectivity index (χ1v) is 5.01. The molecule has 8 heteroatoms. The van der Waals surface area contributed by atoms with Crippen molar-refractivity contribution in [2.24, 2.45) is 5.73 Å². The zero-order valence-corrected chi connectivity index (χ0v) is 10.7. The third kappa shape index (κ3) is 3.25. The second-order valence-electron chi connectivity index (χ2n) is 3.20. The van der Waals surface area contributed by atoms with E-state index in [4.69, 9.17) is 10.8 Å². The number of benzene rings is 1. The number of rotatable bonds is 3. The molecule has 0 heterocycles. The quantitative estimate of drug-likeness (QED) is 0.794. The molecule has 1 aromatic carbocycles. The number of aliphatic hydroxyl groups excluding tert-OH is 1. The van der Waals surface area contributed by atoms with Gasteiger partial charge in [-0.1, -0.05) is 6.07 Å². The van der Waals surface area contributed by atoms with Crippen LogP contribution < -0.4 is 5.73 Å². The Balaban J connectivity index is 0.00000256. The molecule has 0 aliphatic rings. The summed E-state index contributed by atoms with van der Waals surface area (Å²) in [6.07, 6.45) is 0. The molecule has 0 saturated heterocycles. The maximum atomic E-state index is 13.2. The zero-order chi connectivity index (χ0) is 12.5. The summed E-state index contributed by atoms with van der Waals surface area (Å²) in [5.74, 6) is -5.64. The van der Waals surface area contributed by atoms with Gasteiger partial charge < -0.3 is 15.9 Å². The van der Waals surface area contributed by atoms with Crippen molar-refractivity contribution >= 4 is 28.3 Å². The molecule has 0 aliphatic carbocycles. The van der Waals surface area contributed by atoms with E-state index < -0.39 is 35.7 Å². The predicted molar refractivity (Wildman–Crippen MR) is 62.0 cm³/mol. The van der Waals surface area contributed by atoms with Crippen LogP contribution in [0.5, 0.6) is 5.75 Å². The number of phenolic OH excluding ortho intramolecular Hbond substituents is 1. The molecule has 0 aliphatic heterocycles. The predicted octanol–water partition coefficient (Wildman–Crippen LogP) is 2.34. The van der Waals surface area contributed by atoms with E-state index in [0.717, 1.165) is 12.1 Å². The van der Waals surface area contributed by atoms with E-state index >= 15 is 0 Å². The molecule has 98 valence electrons. The molecule has 0 fully saturated rings. The van der Waals surface area contributed by atoms with Gasteiger partial charge in [0.15, 0.2) is 11.6 Å². The van der Waals surface area contributed by atoms with Crippen LogP contribution in [-0.4, -0.2) is 22.7 Å². The van der Waals surface area contributed by atoms with Crippen LogP contribution >= 0.6 is 28.3 Å². The highest BCUT2D eigenvalue weighted by Crippen LogP contribution is 2.37. The molecule has 0 saturated carbocycles. The van der Waals surface area contributed by atoms with E-state index in [1.54, 1.807) is 0 Å². The average molecular weight is 337 g/mol. The Morgan fingerprint density at radius 1 is 1.41 bits per heavy atom. The Labute approximate surface area is 110 Å². The van der Waals surface area contributed by atoms with Crippen LogP contribution in [0, 0.1) is 5.82 Å². The van der Waals surface area contributed by atoms with E-state index in [1.165, 1.54) is 0 Å². The second-order valence-corrected chi connectivity index (χ2v) is 4.05. The third-order valence-corrected chi connectivity index (χ3v) is 2.71. The summed E-state index contributed by atoms with van der Waals surface area (Å²) < 4.78 is 39.2. The van der Waals surface area contributed by atoms with E-state index in [9.17, 15) is 18.3 Å². The summed E-state index contributed by atoms with van der Waals surface area (Å²) in [6, 6.07) is 0.245. The van der Waals surface area contributed by atoms with Crippen molar-refractivity contribution in [2.75, 3.05) is 6.61 Å². The normalized spacial score (nSPS) is 13.1. The van der Waals surface area contributed by atoms with Gasteiger partial charge in [0, 0.05) is 5.56 Å². The van der Waals surface area contributed by atoms with Gasteiger partial charge in [-0.25, -0.2) is 13.2 Å². The number of aliphatic hydroxyl groups is 1. The molecule has 1 aromatic rings. The second kappa shape index (κ2) is 5.90. The minimum atomic E-state index is -3.63. The Hall–Kier alpha value is -0.500.